The van der Waals surface area contributed by atoms with Crippen LogP contribution in [0.5, 0.6) is 0 Å². The highest BCUT2D eigenvalue weighted by Gasteiger charge is 2.21. The minimum atomic E-state index is 0.447. The van der Waals surface area contributed by atoms with Gasteiger partial charge in [-0.1, -0.05) is 26.7 Å². The topological polar surface area (TPSA) is 28.4 Å². The van der Waals surface area contributed by atoms with Gasteiger partial charge in [-0.2, -0.15) is 0 Å². The lowest BCUT2D eigenvalue weighted by atomic mass is 9.93. The van der Waals surface area contributed by atoms with Crippen molar-refractivity contribution >= 4 is 0 Å². The van der Waals surface area contributed by atoms with Crippen molar-refractivity contribution in [3.8, 4) is 0 Å². The van der Waals surface area contributed by atoms with Crippen LogP contribution in [0.1, 0.15) is 39.4 Å². The van der Waals surface area contributed by atoms with Gasteiger partial charge in [0.25, 0.3) is 0 Å². The maximum absolute atomic E-state index is 5.40. The van der Waals surface area contributed by atoms with Gasteiger partial charge in [0.1, 0.15) is 5.76 Å². The third-order valence-electron chi connectivity index (χ3n) is 4.02. The summed E-state index contributed by atoms with van der Waals surface area (Å²) in [6.45, 7) is 7.84. The molecule has 0 radical (unpaired) electrons. The van der Waals surface area contributed by atoms with Crippen molar-refractivity contribution in [3.63, 3.8) is 0 Å². The summed E-state index contributed by atoms with van der Waals surface area (Å²) in [4.78, 5) is 2.35. The summed E-state index contributed by atoms with van der Waals surface area (Å²) in [6.07, 6.45) is 5.19. The van der Waals surface area contributed by atoms with Crippen LogP contribution in [0.3, 0.4) is 0 Å². The van der Waals surface area contributed by atoms with Gasteiger partial charge in [-0.3, -0.25) is 0 Å². The van der Waals surface area contributed by atoms with E-state index in [4.69, 9.17) is 4.42 Å². The molecule has 0 aliphatic carbocycles. The van der Waals surface area contributed by atoms with Gasteiger partial charge in [0, 0.05) is 25.0 Å². The Hall–Kier alpha value is -0.800. The fourth-order valence-electron chi connectivity index (χ4n) is 2.73. The Kier molecular flexibility index (Phi) is 7.17. The molecule has 0 saturated carbocycles. The molecule has 19 heavy (non-hydrogen) atoms. The molecular weight excluding hydrogens is 236 g/mol. The highest BCUT2D eigenvalue weighted by atomic mass is 16.3. The second kappa shape index (κ2) is 8.39. The lowest BCUT2D eigenvalue weighted by molar-refractivity contribution is 0.189. The summed E-state index contributed by atoms with van der Waals surface area (Å²) in [5.74, 6) is 1.82. The number of nitrogens with zero attached hydrogens (tertiary/aromatic N) is 1. The zero-order valence-corrected chi connectivity index (χ0v) is 13.1. The van der Waals surface area contributed by atoms with E-state index >= 15 is 0 Å². The lowest BCUT2D eigenvalue weighted by Crippen LogP contribution is -2.45. The van der Waals surface area contributed by atoms with E-state index < -0.39 is 0 Å². The molecule has 0 aromatic carbocycles. The first kappa shape index (κ1) is 16.3. The van der Waals surface area contributed by atoms with Crippen molar-refractivity contribution in [1.29, 1.82) is 0 Å². The van der Waals surface area contributed by atoms with Gasteiger partial charge >= 0.3 is 0 Å². The average molecular weight is 266 g/mol. The molecule has 110 valence electrons. The van der Waals surface area contributed by atoms with Gasteiger partial charge in [-0.05, 0) is 39.1 Å². The second-order valence-corrected chi connectivity index (χ2v) is 5.70. The van der Waals surface area contributed by atoms with Crippen LogP contribution >= 0.6 is 0 Å². The zero-order chi connectivity index (χ0) is 14.3. The Bertz CT molecular complexity index is 317. The SMILES string of the molecule is CCC(CC)C(CNC(C)Cc1ccco1)N(C)C. The van der Waals surface area contributed by atoms with Crippen LogP contribution in [0.4, 0.5) is 0 Å². The zero-order valence-electron chi connectivity index (χ0n) is 13.1. The van der Waals surface area contributed by atoms with Crippen molar-refractivity contribution in [2.24, 2.45) is 5.92 Å². The number of hydrogen-bond donors (Lipinski definition) is 1. The Labute approximate surface area is 118 Å². The number of nitrogens with one attached hydrogen (secondary N) is 1. The fraction of sp³-hybridized carbons (Fsp3) is 0.750. The summed E-state index contributed by atoms with van der Waals surface area (Å²) in [7, 11) is 4.36. The van der Waals surface area contributed by atoms with Crippen molar-refractivity contribution in [2.75, 3.05) is 20.6 Å². The van der Waals surface area contributed by atoms with Gasteiger partial charge < -0.3 is 14.6 Å². The maximum atomic E-state index is 5.40. The molecule has 2 unspecified atom stereocenters. The number of rotatable bonds is 9. The molecule has 2 atom stereocenters. The van der Waals surface area contributed by atoms with E-state index in [1.54, 1.807) is 6.26 Å². The largest absolute Gasteiger partial charge is 0.469 e. The van der Waals surface area contributed by atoms with Crippen LogP contribution in [0.15, 0.2) is 22.8 Å². The Balaban J connectivity index is 2.42. The van der Waals surface area contributed by atoms with E-state index in [0.717, 1.165) is 24.6 Å². The molecule has 1 aromatic heterocycles. The van der Waals surface area contributed by atoms with Crippen LogP contribution in [-0.2, 0) is 6.42 Å². The van der Waals surface area contributed by atoms with Crippen molar-refractivity contribution in [1.82, 2.24) is 10.2 Å². The van der Waals surface area contributed by atoms with E-state index in [9.17, 15) is 0 Å². The molecule has 0 aliphatic heterocycles. The summed E-state index contributed by atoms with van der Waals surface area (Å²) in [5, 5.41) is 3.65. The molecule has 0 fully saturated rings. The van der Waals surface area contributed by atoms with Crippen molar-refractivity contribution in [2.45, 2.75) is 52.1 Å². The van der Waals surface area contributed by atoms with Crippen LogP contribution in [0, 0.1) is 5.92 Å². The standard InChI is InChI=1S/C16H30N2O/c1-6-14(7-2)16(18(4)5)12-17-13(3)11-15-9-8-10-19-15/h8-10,13-14,16-17H,6-7,11-12H2,1-5H3. The predicted octanol–water partition coefficient (Wildman–Crippen LogP) is 3.17. The molecule has 1 rings (SSSR count). The van der Waals surface area contributed by atoms with Crippen LogP contribution in [0.2, 0.25) is 0 Å². The average Bonchev–Trinajstić information content (AvgIpc) is 2.86. The highest BCUT2D eigenvalue weighted by molar-refractivity contribution is 5.00. The Morgan fingerprint density at radius 1 is 1.26 bits per heavy atom. The van der Waals surface area contributed by atoms with E-state index in [-0.39, 0.29) is 0 Å². The molecule has 0 saturated heterocycles. The third-order valence-corrected chi connectivity index (χ3v) is 4.02. The van der Waals surface area contributed by atoms with Crippen LogP contribution in [0.25, 0.3) is 0 Å². The molecule has 3 heteroatoms. The highest BCUT2D eigenvalue weighted by Crippen LogP contribution is 2.16. The maximum Gasteiger partial charge on any atom is 0.105 e. The number of hydrogen-bond acceptors (Lipinski definition) is 3. The number of furan rings is 1. The fourth-order valence-corrected chi connectivity index (χ4v) is 2.73. The first-order valence-corrected chi connectivity index (χ1v) is 7.50. The minimum absolute atomic E-state index is 0.447. The van der Waals surface area contributed by atoms with Crippen molar-refractivity contribution in [3.05, 3.63) is 24.2 Å². The first-order chi connectivity index (χ1) is 9.08. The second-order valence-electron chi connectivity index (χ2n) is 5.70. The smallest absolute Gasteiger partial charge is 0.105 e. The molecule has 3 nitrogen and oxygen atoms in total. The van der Waals surface area contributed by atoms with E-state index in [0.29, 0.717) is 12.1 Å². The van der Waals surface area contributed by atoms with Gasteiger partial charge in [0.15, 0.2) is 0 Å². The summed E-state index contributed by atoms with van der Waals surface area (Å²) in [6, 6.07) is 5.05. The monoisotopic (exact) mass is 266 g/mol. The van der Waals surface area contributed by atoms with Gasteiger partial charge in [-0.15, -0.1) is 0 Å². The summed E-state index contributed by atoms with van der Waals surface area (Å²) in [5.41, 5.74) is 0. The third kappa shape index (κ3) is 5.37. The molecule has 1 aromatic rings. The quantitative estimate of drug-likeness (QED) is 0.744. The van der Waals surface area contributed by atoms with Crippen LogP contribution in [-0.4, -0.2) is 37.6 Å². The molecule has 0 spiro atoms. The van der Waals surface area contributed by atoms with E-state index in [1.807, 2.05) is 12.1 Å². The van der Waals surface area contributed by atoms with Crippen molar-refractivity contribution < 1.29 is 4.42 Å². The Morgan fingerprint density at radius 2 is 1.95 bits per heavy atom. The number of likely N-dealkylation sites (N-methyl/N-ethyl adjacent to an activating group) is 1. The molecule has 0 aliphatic rings. The van der Waals surface area contributed by atoms with Gasteiger partial charge in [-0.25, -0.2) is 0 Å². The summed E-state index contributed by atoms with van der Waals surface area (Å²) < 4.78 is 5.40. The molecule has 0 bridgehead atoms. The molecular formula is C16H30N2O. The molecule has 1 N–H and O–H groups in total. The van der Waals surface area contributed by atoms with E-state index in [2.05, 4.69) is 45.1 Å². The minimum Gasteiger partial charge on any atom is -0.469 e. The lowest BCUT2D eigenvalue weighted by Gasteiger charge is -2.32. The molecule has 1 heterocycles. The Morgan fingerprint density at radius 3 is 2.42 bits per heavy atom. The summed E-state index contributed by atoms with van der Waals surface area (Å²) >= 11 is 0. The normalized spacial score (nSPS) is 15.1. The molecule has 0 amide bonds. The van der Waals surface area contributed by atoms with Gasteiger partial charge in [0.2, 0.25) is 0 Å². The first-order valence-electron chi connectivity index (χ1n) is 7.50. The van der Waals surface area contributed by atoms with E-state index in [1.165, 1.54) is 12.8 Å². The predicted molar refractivity (Wildman–Crippen MR) is 81.4 cm³/mol. The van der Waals surface area contributed by atoms with Gasteiger partial charge in [0.05, 0.1) is 6.26 Å². The van der Waals surface area contributed by atoms with Crippen LogP contribution < -0.4 is 5.32 Å².